The molecule has 1 aromatic rings. The summed E-state index contributed by atoms with van der Waals surface area (Å²) in [6, 6.07) is 7.96. The highest BCUT2D eigenvalue weighted by molar-refractivity contribution is 5.93. The minimum absolute atomic E-state index is 0.311. The Balaban J connectivity index is 2.33. The van der Waals surface area contributed by atoms with Crippen LogP contribution < -0.4 is 10.9 Å². The first-order chi connectivity index (χ1) is 7.20. The smallest absolute Gasteiger partial charge is 0.323 e. The van der Waals surface area contributed by atoms with Gasteiger partial charge in [-0.1, -0.05) is 30.3 Å². The van der Waals surface area contributed by atoms with Crippen LogP contribution in [-0.4, -0.2) is 23.0 Å². The number of amides is 1. The van der Waals surface area contributed by atoms with Crippen LogP contribution in [0.1, 0.15) is 11.5 Å². The van der Waals surface area contributed by atoms with Gasteiger partial charge < -0.3 is 5.11 Å². The highest BCUT2D eigenvalue weighted by Crippen LogP contribution is 2.22. The molecule has 0 spiro atoms. The van der Waals surface area contributed by atoms with E-state index in [1.165, 1.54) is 0 Å². The highest BCUT2D eigenvalue weighted by atomic mass is 16.4. The number of hydrogen-bond acceptors (Lipinski definition) is 3. The van der Waals surface area contributed by atoms with E-state index in [4.69, 9.17) is 5.11 Å². The first-order valence-corrected chi connectivity index (χ1v) is 4.53. The molecule has 1 amide bonds. The van der Waals surface area contributed by atoms with E-state index in [1.54, 1.807) is 24.3 Å². The molecule has 5 heteroatoms. The Bertz CT molecular complexity index is 391. The quantitative estimate of drug-likeness (QED) is 0.629. The molecule has 0 saturated carbocycles. The van der Waals surface area contributed by atoms with E-state index in [1.807, 2.05) is 6.07 Å². The van der Waals surface area contributed by atoms with Crippen molar-refractivity contribution in [3.05, 3.63) is 35.9 Å². The van der Waals surface area contributed by atoms with Gasteiger partial charge in [0.2, 0.25) is 5.91 Å². The number of benzene rings is 1. The highest BCUT2D eigenvalue weighted by Gasteiger charge is 2.40. The molecule has 1 fully saturated rings. The molecule has 15 heavy (non-hydrogen) atoms. The second-order valence-electron chi connectivity index (χ2n) is 3.34. The van der Waals surface area contributed by atoms with E-state index in [2.05, 4.69) is 10.9 Å². The maximum Gasteiger partial charge on any atom is 0.323 e. The van der Waals surface area contributed by atoms with Crippen molar-refractivity contribution < 1.29 is 14.7 Å². The number of nitrogens with one attached hydrogen (secondary N) is 2. The average Bonchev–Trinajstić information content (AvgIpc) is 2.61. The fourth-order valence-corrected chi connectivity index (χ4v) is 1.67. The molecule has 2 unspecified atom stereocenters. The maximum absolute atomic E-state index is 11.5. The van der Waals surface area contributed by atoms with Gasteiger partial charge in [0.05, 0.1) is 5.92 Å². The zero-order chi connectivity index (χ0) is 10.8. The van der Waals surface area contributed by atoms with Gasteiger partial charge in [-0.15, -0.1) is 0 Å². The van der Waals surface area contributed by atoms with Crippen molar-refractivity contribution in [2.45, 2.75) is 12.0 Å². The second-order valence-corrected chi connectivity index (χ2v) is 3.34. The summed E-state index contributed by atoms with van der Waals surface area (Å²) in [6.07, 6.45) is 0. The Labute approximate surface area is 86.1 Å². The van der Waals surface area contributed by atoms with Crippen molar-refractivity contribution >= 4 is 11.9 Å². The zero-order valence-corrected chi connectivity index (χ0v) is 7.81. The van der Waals surface area contributed by atoms with E-state index < -0.39 is 17.9 Å². The molecule has 1 heterocycles. The summed E-state index contributed by atoms with van der Waals surface area (Å²) in [6.45, 7) is 0. The van der Waals surface area contributed by atoms with Gasteiger partial charge in [-0.25, -0.2) is 5.43 Å². The Hall–Kier alpha value is -1.88. The van der Waals surface area contributed by atoms with Crippen LogP contribution in [0.25, 0.3) is 0 Å². The van der Waals surface area contributed by atoms with E-state index in [9.17, 15) is 9.59 Å². The van der Waals surface area contributed by atoms with Gasteiger partial charge in [0.1, 0.15) is 6.04 Å². The molecule has 2 atom stereocenters. The number of aliphatic carboxylic acids is 1. The molecule has 3 N–H and O–H groups in total. The first kappa shape index (κ1) is 9.67. The third-order valence-electron chi connectivity index (χ3n) is 2.39. The summed E-state index contributed by atoms with van der Waals surface area (Å²) >= 11 is 0. The zero-order valence-electron chi connectivity index (χ0n) is 7.81. The number of hydrazine groups is 1. The fourth-order valence-electron chi connectivity index (χ4n) is 1.67. The predicted octanol–water partition coefficient (Wildman–Crippen LogP) is -0.142. The summed E-state index contributed by atoms with van der Waals surface area (Å²) in [4.78, 5) is 22.3. The summed E-state index contributed by atoms with van der Waals surface area (Å²) in [5, 5.41) is 8.91. The number of rotatable bonds is 2. The van der Waals surface area contributed by atoms with Crippen molar-refractivity contribution in [2.75, 3.05) is 0 Å². The molecule has 1 aliphatic rings. The molecule has 78 valence electrons. The van der Waals surface area contributed by atoms with Crippen molar-refractivity contribution in [2.24, 2.45) is 0 Å². The van der Waals surface area contributed by atoms with Crippen LogP contribution in [0, 0.1) is 0 Å². The Kier molecular flexibility index (Phi) is 2.39. The molecular weight excluding hydrogens is 196 g/mol. The number of carbonyl (C=O) groups is 2. The lowest BCUT2D eigenvalue weighted by atomic mass is 9.93. The van der Waals surface area contributed by atoms with E-state index in [0.29, 0.717) is 5.56 Å². The minimum atomic E-state index is -1.04. The molecule has 2 rings (SSSR count). The number of carbonyl (C=O) groups excluding carboxylic acids is 1. The standard InChI is InChI=1S/C10H10N2O3/c13-9-7(6-4-2-1-3-5-6)8(10(14)15)11-12-9/h1-5,7-8,11H,(H,12,13)(H,14,15). The number of carboxylic acid groups (broad SMARTS) is 1. The molecule has 1 saturated heterocycles. The lowest BCUT2D eigenvalue weighted by Gasteiger charge is -2.11. The monoisotopic (exact) mass is 206 g/mol. The van der Waals surface area contributed by atoms with Crippen LogP contribution in [-0.2, 0) is 9.59 Å². The van der Waals surface area contributed by atoms with Gasteiger partial charge >= 0.3 is 5.97 Å². The van der Waals surface area contributed by atoms with Crippen LogP contribution in [0.15, 0.2) is 30.3 Å². The Morgan fingerprint density at radius 1 is 1.27 bits per heavy atom. The molecule has 0 bridgehead atoms. The molecule has 0 aliphatic carbocycles. The van der Waals surface area contributed by atoms with E-state index in [-0.39, 0.29) is 5.91 Å². The van der Waals surface area contributed by atoms with Gasteiger partial charge in [0, 0.05) is 0 Å². The van der Waals surface area contributed by atoms with Gasteiger partial charge in [0.25, 0.3) is 0 Å². The molecule has 0 radical (unpaired) electrons. The largest absolute Gasteiger partial charge is 0.480 e. The van der Waals surface area contributed by atoms with Crippen molar-refractivity contribution in [1.29, 1.82) is 0 Å². The number of hydrogen-bond donors (Lipinski definition) is 3. The topological polar surface area (TPSA) is 78.4 Å². The van der Waals surface area contributed by atoms with Crippen LogP contribution in [0.2, 0.25) is 0 Å². The Morgan fingerprint density at radius 3 is 2.53 bits per heavy atom. The molecular formula is C10H10N2O3. The van der Waals surface area contributed by atoms with Gasteiger partial charge in [-0.3, -0.25) is 15.0 Å². The van der Waals surface area contributed by atoms with Crippen LogP contribution in [0.4, 0.5) is 0 Å². The van der Waals surface area contributed by atoms with Crippen LogP contribution in [0.5, 0.6) is 0 Å². The molecule has 1 aliphatic heterocycles. The third-order valence-corrected chi connectivity index (χ3v) is 2.39. The van der Waals surface area contributed by atoms with Crippen molar-refractivity contribution in [1.82, 2.24) is 10.9 Å². The summed E-state index contributed by atoms with van der Waals surface area (Å²) < 4.78 is 0. The van der Waals surface area contributed by atoms with E-state index >= 15 is 0 Å². The minimum Gasteiger partial charge on any atom is -0.480 e. The SMILES string of the molecule is O=C(O)C1NNC(=O)C1c1ccccc1. The lowest BCUT2D eigenvalue weighted by Crippen LogP contribution is -2.37. The predicted molar refractivity (Wildman–Crippen MR) is 51.9 cm³/mol. The molecule has 0 aromatic heterocycles. The normalized spacial score (nSPS) is 24.9. The Morgan fingerprint density at radius 2 is 1.93 bits per heavy atom. The number of carboxylic acids is 1. The third kappa shape index (κ3) is 1.69. The van der Waals surface area contributed by atoms with Gasteiger partial charge in [-0.05, 0) is 5.56 Å². The molecule has 1 aromatic carbocycles. The molecule has 5 nitrogen and oxygen atoms in total. The van der Waals surface area contributed by atoms with Crippen LogP contribution in [0.3, 0.4) is 0 Å². The second kappa shape index (κ2) is 3.70. The van der Waals surface area contributed by atoms with Gasteiger partial charge in [-0.2, -0.15) is 0 Å². The fraction of sp³-hybridized carbons (Fsp3) is 0.200. The van der Waals surface area contributed by atoms with Crippen LogP contribution >= 0.6 is 0 Å². The van der Waals surface area contributed by atoms with E-state index in [0.717, 1.165) is 0 Å². The first-order valence-electron chi connectivity index (χ1n) is 4.53. The van der Waals surface area contributed by atoms with Gasteiger partial charge in [0.15, 0.2) is 0 Å². The maximum atomic E-state index is 11.5. The van der Waals surface area contributed by atoms with Crippen molar-refractivity contribution in [3.8, 4) is 0 Å². The van der Waals surface area contributed by atoms with Crippen molar-refractivity contribution in [3.63, 3.8) is 0 Å². The summed E-state index contributed by atoms with van der Waals surface area (Å²) in [5.41, 5.74) is 5.49. The summed E-state index contributed by atoms with van der Waals surface area (Å²) in [5.74, 6) is -2.01. The average molecular weight is 206 g/mol. The summed E-state index contributed by atoms with van der Waals surface area (Å²) in [7, 11) is 0. The lowest BCUT2D eigenvalue weighted by molar-refractivity contribution is -0.140.